The number of Topliss-reactive ketones (excluding diaryl/α,β-unsaturated/α-hetero) is 1. The molecule has 0 saturated heterocycles. The lowest BCUT2D eigenvalue weighted by molar-refractivity contribution is -0.200. The fourth-order valence-electron chi connectivity index (χ4n) is 4.85. The minimum Gasteiger partial charge on any atom is -0.465 e. The van der Waals surface area contributed by atoms with E-state index in [4.69, 9.17) is 4.55 Å². The van der Waals surface area contributed by atoms with Gasteiger partial charge in [-0.1, -0.05) is 0 Å². The second kappa shape index (κ2) is 5.86. The quantitative estimate of drug-likeness (QED) is 0.291. The van der Waals surface area contributed by atoms with Gasteiger partial charge in [-0.3, -0.25) is 14.1 Å². The average Bonchev–Trinajstić information content (AvgIpc) is 2.49. The maximum Gasteiger partial charge on any atom is 0.431 e. The van der Waals surface area contributed by atoms with Gasteiger partial charge in [0.25, 0.3) is 0 Å². The standard InChI is InChI=1S/C15H18F4O7S/c16-14(17,15(18,19)27(23,24)25)1-2-26-11(21)13-5-8-3-9(10(13)20)6-12(22,4-8)7-13/h8-9,22H,1-7H2,(H,23,24,25). The Labute approximate surface area is 151 Å². The summed E-state index contributed by atoms with van der Waals surface area (Å²) in [6.45, 7) is -1.28. The lowest BCUT2D eigenvalue weighted by Crippen LogP contribution is -2.63. The maximum absolute atomic E-state index is 13.5. The lowest BCUT2D eigenvalue weighted by atomic mass is 9.47. The molecule has 27 heavy (non-hydrogen) atoms. The van der Waals surface area contributed by atoms with E-state index in [0.29, 0.717) is 12.8 Å². The van der Waals surface area contributed by atoms with Crippen molar-refractivity contribution < 1.29 is 50.0 Å². The van der Waals surface area contributed by atoms with Crippen molar-refractivity contribution in [3.63, 3.8) is 0 Å². The molecule has 4 bridgehead atoms. The molecule has 0 aromatic heterocycles. The lowest BCUT2D eigenvalue weighted by Gasteiger charge is -2.57. The van der Waals surface area contributed by atoms with E-state index in [0.717, 1.165) is 0 Å². The van der Waals surface area contributed by atoms with Gasteiger partial charge in [0.1, 0.15) is 5.41 Å². The van der Waals surface area contributed by atoms with Gasteiger partial charge in [0.2, 0.25) is 0 Å². The van der Waals surface area contributed by atoms with Gasteiger partial charge >= 0.3 is 27.3 Å². The zero-order valence-corrected chi connectivity index (χ0v) is 14.8. The number of hydrogen-bond donors (Lipinski definition) is 2. The van der Waals surface area contributed by atoms with E-state index < -0.39 is 63.0 Å². The summed E-state index contributed by atoms with van der Waals surface area (Å²) in [6, 6.07) is 0. The van der Waals surface area contributed by atoms with Crippen molar-refractivity contribution in [2.45, 2.75) is 55.3 Å². The number of ether oxygens (including phenoxy) is 1. The van der Waals surface area contributed by atoms with Gasteiger partial charge in [-0.2, -0.15) is 26.0 Å². The number of alkyl halides is 4. The van der Waals surface area contributed by atoms with Crippen LogP contribution in [0.3, 0.4) is 0 Å². The minimum absolute atomic E-state index is 0.0983. The first-order valence-electron chi connectivity index (χ1n) is 8.30. The molecule has 4 aliphatic carbocycles. The molecule has 0 amide bonds. The highest BCUT2D eigenvalue weighted by Gasteiger charge is 2.67. The van der Waals surface area contributed by atoms with Gasteiger partial charge in [-0.15, -0.1) is 0 Å². The largest absolute Gasteiger partial charge is 0.465 e. The van der Waals surface area contributed by atoms with Crippen LogP contribution in [0.4, 0.5) is 17.6 Å². The van der Waals surface area contributed by atoms with Crippen LogP contribution in [0, 0.1) is 17.3 Å². The molecular weight excluding hydrogens is 400 g/mol. The first-order valence-corrected chi connectivity index (χ1v) is 9.74. The Morgan fingerprint density at radius 1 is 1.22 bits per heavy atom. The molecule has 4 saturated carbocycles. The van der Waals surface area contributed by atoms with Crippen LogP contribution in [0.5, 0.6) is 0 Å². The molecule has 4 aliphatic rings. The van der Waals surface area contributed by atoms with Crippen LogP contribution in [-0.2, 0) is 24.4 Å². The van der Waals surface area contributed by atoms with Gasteiger partial charge in [0.15, 0.2) is 5.78 Å². The highest BCUT2D eigenvalue weighted by atomic mass is 32.2. The van der Waals surface area contributed by atoms with Crippen molar-refractivity contribution in [2.24, 2.45) is 17.3 Å². The molecule has 7 nitrogen and oxygen atoms in total. The first kappa shape index (κ1) is 20.5. The summed E-state index contributed by atoms with van der Waals surface area (Å²) in [5.74, 6) is -7.44. The Morgan fingerprint density at radius 2 is 1.85 bits per heavy atom. The summed E-state index contributed by atoms with van der Waals surface area (Å²) in [4.78, 5) is 25.0. The number of aliphatic hydroxyl groups is 1. The summed E-state index contributed by atoms with van der Waals surface area (Å²) in [5, 5.41) is 4.76. The van der Waals surface area contributed by atoms with Crippen LogP contribution in [0.25, 0.3) is 0 Å². The molecule has 4 fully saturated rings. The molecule has 0 heterocycles. The van der Waals surface area contributed by atoms with Gasteiger partial charge in [-0.05, 0) is 38.0 Å². The Morgan fingerprint density at radius 3 is 2.41 bits per heavy atom. The Kier molecular flexibility index (Phi) is 4.44. The van der Waals surface area contributed by atoms with E-state index in [9.17, 15) is 40.7 Å². The molecule has 0 radical (unpaired) electrons. The predicted octanol–water partition coefficient (Wildman–Crippen LogP) is 1.55. The van der Waals surface area contributed by atoms with E-state index in [1.54, 1.807) is 0 Å². The number of hydrogen-bond acceptors (Lipinski definition) is 6. The summed E-state index contributed by atoms with van der Waals surface area (Å²) in [7, 11) is -6.38. The van der Waals surface area contributed by atoms with Crippen LogP contribution < -0.4 is 0 Å². The zero-order chi connectivity index (χ0) is 20.5. The molecule has 2 N–H and O–H groups in total. The number of halogens is 4. The molecule has 0 aliphatic heterocycles. The van der Waals surface area contributed by atoms with Crippen LogP contribution in [0.1, 0.15) is 38.5 Å². The highest BCUT2D eigenvalue weighted by molar-refractivity contribution is 7.87. The van der Waals surface area contributed by atoms with E-state index in [2.05, 4.69) is 4.74 Å². The van der Waals surface area contributed by atoms with Gasteiger partial charge in [0, 0.05) is 5.92 Å². The topological polar surface area (TPSA) is 118 Å². The first-order chi connectivity index (χ1) is 12.1. The van der Waals surface area contributed by atoms with E-state index in [1.807, 2.05) is 0 Å². The molecule has 0 aromatic carbocycles. The van der Waals surface area contributed by atoms with Crippen LogP contribution in [-0.4, -0.2) is 53.2 Å². The third-order valence-corrected chi connectivity index (χ3v) is 6.76. The Hall–Kier alpha value is -1.27. The van der Waals surface area contributed by atoms with Gasteiger partial charge in [-0.25, -0.2) is 0 Å². The van der Waals surface area contributed by atoms with Crippen LogP contribution in [0.15, 0.2) is 0 Å². The smallest absolute Gasteiger partial charge is 0.431 e. The second-order valence-corrected chi connectivity index (χ2v) is 9.30. The third kappa shape index (κ3) is 3.05. The number of carbonyl (C=O) groups excluding carboxylic acids is 2. The minimum atomic E-state index is -6.38. The molecule has 4 rings (SSSR count). The van der Waals surface area contributed by atoms with Crippen molar-refractivity contribution in [1.29, 1.82) is 0 Å². The fraction of sp³-hybridized carbons (Fsp3) is 0.867. The summed E-state index contributed by atoms with van der Waals surface area (Å²) in [6.07, 6.45) is -0.814. The summed E-state index contributed by atoms with van der Waals surface area (Å²) < 4.78 is 87.0. The molecular formula is C15H18F4O7S. The van der Waals surface area contributed by atoms with Crippen molar-refractivity contribution in [3.8, 4) is 0 Å². The zero-order valence-electron chi connectivity index (χ0n) is 14.0. The number of rotatable bonds is 6. The SMILES string of the molecule is O=C(OCCC(F)(F)C(F)(F)S(=O)(=O)O)C12CC3CC(CC(O)(C3)C1)C2=O. The van der Waals surface area contributed by atoms with Crippen molar-refractivity contribution in [2.75, 3.05) is 6.61 Å². The normalized spacial score (nSPS) is 36.1. The van der Waals surface area contributed by atoms with Crippen molar-refractivity contribution in [1.82, 2.24) is 0 Å². The molecule has 4 unspecified atom stereocenters. The summed E-state index contributed by atoms with van der Waals surface area (Å²) >= 11 is 0. The Bertz CT molecular complexity index is 783. The number of esters is 1. The van der Waals surface area contributed by atoms with E-state index in [1.165, 1.54) is 0 Å². The van der Waals surface area contributed by atoms with Crippen molar-refractivity contribution in [3.05, 3.63) is 0 Å². The third-order valence-electron chi connectivity index (χ3n) is 5.81. The fourth-order valence-corrected chi connectivity index (χ4v) is 5.33. The average molecular weight is 418 g/mol. The van der Waals surface area contributed by atoms with Crippen LogP contribution in [0.2, 0.25) is 0 Å². The number of carbonyl (C=O) groups is 2. The molecule has 0 aromatic rings. The second-order valence-electron chi connectivity index (χ2n) is 7.84. The van der Waals surface area contributed by atoms with E-state index in [-0.39, 0.29) is 25.2 Å². The molecule has 154 valence electrons. The van der Waals surface area contributed by atoms with Crippen molar-refractivity contribution >= 4 is 21.9 Å². The molecule has 12 heteroatoms. The maximum atomic E-state index is 13.5. The molecule has 4 atom stereocenters. The van der Waals surface area contributed by atoms with E-state index >= 15 is 0 Å². The highest BCUT2D eigenvalue weighted by Crippen LogP contribution is 2.60. The summed E-state index contributed by atoms with van der Waals surface area (Å²) in [5.41, 5.74) is -2.90. The van der Waals surface area contributed by atoms with Gasteiger partial charge in [0.05, 0.1) is 18.6 Å². The number of ketones is 1. The van der Waals surface area contributed by atoms with Crippen LogP contribution >= 0.6 is 0 Å². The monoisotopic (exact) mass is 418 g/mol. The van der Waals surface area contributed by atoms with Gasteiger partial charge < -0.3 is 9.84 Å². The predicted molar refractivity (Wildman–Crippen MR) is 79.5 cm³/mol. The Balaban J connectivity index is 1.69. The molecule has 0 spiro atoms.